The number of anilines is 1. The van der Waals surface area contributed by atoms with Gasteiger partial charge in [-0.15, -0.1) is 0 Å². The number of Topliss-reactive ketones (excluding diaryl/α,β-unsaturated/α-hetero) is 1. The lowest BCUT2D eigenvalue weighted by Crippen LogP contribution is -2.28. The summed E-state index contributed by atoms with van der Waals surface area (Å²) in [7, 11) is 0. The van der Waals surface area contributed by atoms with E-state index in [-0.39, 0.29) is 30.2 Å². The summed E-state index contributed by atoms with van der Waals surface area (Å²) in [6.45, 7) is 3.28. The molecule has 1 aromatic heterocycles. The Morgan fingerprint density at radius 2 is 2.08 bits per heavy atom. The number of fused-ring (bicyclic) bond motifs is 1. The van der Waals surface area contributed by atoms with E-state index in [1.54, 1.807) is 12.1 Å². The maximum atomic E-state index is 12.3. The van der Waals surface area contributed by atoms with Crippen LogP contribution in [0.4, 0.5) is 5.69 Å². The second kappa shape index (κ2) is 6.19. The molecule has 7 nitrogen and oxygen atoms in total. The fourth-order valence-electron chi connectivity index (χ4n) is 2.46. The molecule has 0 fully saturated rings. The molecule has 24 heavy (non-hydrogen) atoms. The van der Waals surface area contributed by atoms with E-state index in [9.17, 15) is 14.4 Å². The van der Waals surface area contributed by atoms with Crippen molar-refractivity contribution in [3.05, 3.63) is 47.3 Å². The molecule has 2 amide bonds. The minimum Gasteiger partial charge on any atom is -0.482 e. The largest absolute Gasteiger partial charge is 0.482 e. The van der Waals surface area contributed by atoms with Crippen molar-refractivity contribution in [1.82, 2.24) is 10.3 Å². The molecule has 2 heterocycles. The van der Waals surface area contributed by atoms with E-state index >= 15 is 0 Å². The second-order valence-corrected chi connectivity index (χ2v) is 5.65. The summed E-state index contributed by atoms with van der Waals surface area (Å²) >= 11 is 0. The van der Waals surface area contributed by atoms with Crippen LogP contribution in [0.3, 0.4) is 0 Å². The molecule has 0 aliphatic carbocycles. The molecular weight excluding hydrogens is 310 g/mol. The molecule has 0 unspecified atom stereocenters. The molecule has 124 valence electrons. The minimum absolute atomic E-state index is 0.00391. The van der Waals surface area contributed by atoms with Gasteiger partial charge in [0.1, 0.15) is 11.4 Å². The number of carbonyl (C=O) groups excluding carboxylic acids is 3. The monoisotopic (exact) mass is 327 g/mol. The van der Waals surface area contributed by atoms with Crippen LogP contribution in [0, 0.1) is 0 Å². The number of aromatic amines is 1. The lowest BCUT2D eigenvalue weighted by molar-refractivity contribution is -0.118. The van der Waals surface area contributed by atoms with E-state index in [0.717, 1.165) is 5.56 Å². The number of hydrogen-bond donors (Lipinski definition) is 3. The Bertz CT molecular complexity index is 825. The minimum atomic E-state index is -0.312. The van der Waals surface area contributed by atoms with Crippen molar-refractivity contribution in [3.8, 4) is 5.75 Å². The average Bonchev–Trinajstić information content (AvgIpc) is 3.04. The number of amides is 2. The quantitative estimate of drug-likeness (QED) is 0.748. The van der Waals surface area contributed by atoms with Gasteiger partial charge in [0.25, 0.3) is 11.8 Å². The van der Waals surface area contributed by atoms with Crippen LogP contribution in [0.1, 0.15) is 46.3 Å². The van der Waals surface area contributed by atoms with Gasteiger partial charge in [-0.05, 0) is 37.6 Å². The third kappa shape index (κ3) is 3.15. The zero-order valence-electron chi connectivity index (χ0n) is 13.3. The molecule has 2 aromatic rings. The lowest BCUT2D eigenvalue weighted by Gasteiger charge is -2.20. The number of H-pyrrole nitrogens is 1. The SMILES string of the molecule is CC(=O)c1c[nH]c(C(=O)N[C@@H](C)c2ccc3c(c2)NC(=O)CO3)c1. The van der Waals surface area contributed by atoms with Gasteiger partial charge in [-0.25, -0.2) is 0 Å². The maximum absolute atomic E-state index is 12.3. The molecule has 0 radical (unpaired) electrons. The first-order valence-corrected chi connectivity index (χ1v) is 7.51. The molecule has 1 aliphatic rings. The number of nitrogens with one attached hydrogen (secondary N) is 3. The Morgan fingerprint density at radius 3 is 2.79 bits per heavy atom. The third-order valence-corrected chi connectivity index (χ3v) is 3.82. The number of aromatic nitrogens is 1. The first kappa shape index (κ1) is 15.8. The van der Waals surface area contributed by atoms with Crippen LogP contribution in [-0.2, 0) is 4.79 Å². The molecule has 3 N–H and O–H groups in total. The zero-order valence-corrected chi connectivity index (χ0v) is 13.3. The molecule has 0 spiro atoms. The summed E-state index contributed by atoms with van der Waals surface area (Å²) in [5, 5.41) is 5.58. The van der Waals surface area contributed by atoms with E-state index in [4.69, 9.17) is 4.74 Å². The van der Waals surface area contributed by atoms with Crippen LogP contribution in [0.2, 0.25) is 0 Å². The third-order valence-electron chi connectivity index (χ3n) is 3.82. The molecule has 1 aromatic carbocycles. The van der Waals surface area contributed by atoms with Crippen molar-refractivity contribution in [1.29, 1.82) is 0 Å². The van der Waals surface area contributed by atoms with Gasteiger partial charge in [0.15, 0.2) is 12.4 Å². The lowest BCUT2D eigenvalue weighted by atomic mass is 10.1. The molecular formula is C17H17N3O4. The van der Waals surface area contributed by atoms with Crippen LogP contribution in [0.15, 0.2) is 30.5 Å². The predicted molar refractivity (Wildman–Crippen MR) is 87.2 cm³/mol. The van der Waals surface area contributed by atoms with E-state index < -0.39 is 0 Å². The molecule has 0 saturated heterocycles. The van der Waals surface area contributed by atoms with Gasteiger partial charge in [0, 0.05) is 11.8 Å². The number of carbonyl (C=O) groups is 3. The second-order valence-electron chi connectivity index (χ2n) is 5.65. The Balaban J connectivity index is 1.73. The van der Waals surface area contributed by atoms with Crippen molar-refractivity contribution < 1.29 is 19.1 Å². The predicted octanol–water partition coefficient (Wildman–Crippen LogP) is 2.04. The summed E-state index contributed by atoms with van der Waals surface area (Å²) < 4.78 is 5.31. The highest BCUT2D eigenvalue weighted by Gasteiger charge is 2.19. The molecule has 1 atom stereocenters. The summed E-state index contributed by atoms with van der Waals surface area (Å²) in [4.78, 5) is 37.7. The number of rotatable bonds is 4. The van der Waals surface area contributed by atoms with E-state index in [2.05, 4.69) is 15.6 Å². The summed E-state index contributed by atoms with van der Waals surface area (Å²) in [6, 6.07) is 6.59. The topological polar surface area (TPSA) is 100 Å². The Morgan fingerprint density at radius 1 is 1.29 bits per heavy atom. The van der Waals surface area contributed by atoms with Crippen molar-refractivity contribution in [3.63, 3.8) is 0 Å². The molecule has 1 aliphatic heterocycles. The van der Waals surface area contributed by atoms with Crippen molar-refractivity contribution >= 4 is 23.3 Å². The molecule has 0 bridgehead atoms. The van der Waals surface area contributed by atoms with Gasteiger partial charge in [-0.2, -0.15) is 0 Å². The smallest absolute Gasteiger partial charge is 0.268 e. The van der Waals surface area contributed by atoms with Crippen molar-refractivity contribution in [2.45, 2.75) is 19.9 Å². The standard InChI is InChI=1S/C17H17N3O4/c1-9(19-17(23)14-6-12(7-18-14)10(2)21)11-3-4-15-13(5-11)20-16(22)8-24-15/h3-7,9,18H,8H2,1-2H3,(H,19,23)(H,20,22)/t9-/m0/s1. The highest BCUT2D eigenvalue weighted by atomic mass is 16.5. The van der Waals surface area contributed by atoms with E-state index in [1.807, 2.05) is 13.0 Å². The Labute approximate surface area is 138 Å². The maximum Gasteiger partial charge on any atom is 0.268 e. The Kier molecular flexibility index (Phi) is 4.07. The van der Waals surface area contributed by atoms with Crippen molar-refractivity contribution in [2.75, 3.05) is 11.9 Å². The molecule has 0 saturated carbocycles. The van der Waals surface area contributed by atoms with Gasteiger partial charge in [0.2, 0.25) is 0 Å². The van der Waals surface area contributed by atoms with Gasteiger partial charge in [-0.3, -0.25) is 14.4 Å². The Hall–Kier alpha value is -3.09. The van der Waals surface area contributed by atoms with Crippen LogP contribution in [0.5, 0.6) is 5.75 Å². The van der Waals surface area contributed by atoms with Crippen LogP contribution >= 0.6 is 0 Å². The molecule has 7 heteroatoms. The normalized spacial score (nSPS) is 14.2. The van der Waals surface area contributed by atoms with Gasteiger partial charge in [-0.1, -0.05) is 6.07 Å². The zero-order chi connectivity index (χ0) is 17.3. The van der Waals surface area contributed by atoms with Gasteiger partial charge >= 0.3 is 0 Å². The number of hydrogen-bond acceptors (Lipinski definition) is 4. The highest BCUT2D eigenvalue weighted by molar-refractivity contribution is 5.99. The number of ketones is 1. The summed E-state index contributed by atoms with van der Waals surface area (Å²) in [6.07, 6.45) is 1.51. The fraction of sp³-hybridized carbons (Fsp3) is 0.235. The van der Waals surface area contributed by atoms with Crippen LogP contribution < -0.4 is 15.4 Å². The van der Waals surface area contributed by atoms with E-state index in [0.29, 0.717) is 22.7 Å². The average molecular weight is 327 g/mol. The van der Waals surface area contributed by atoms with Gasteiger partial charge < -0.3 is 20.4 Å². The first-order chi connectivity index (χ1) is 11.4. The summed E-state index contributed by atoms with van der Waals surface area (Å²) in [5.41, 5.74) is 2.19. The van der Waals surface area contributed by atoms with Crippen molar-refractivity contribution in [2.24, 2.45) is 0 Å². The molecule has 3 rings (SSSR count). The number of ether oxygens (including phenoxy) is 1. The van der Waals surface area contributed by atoms with Crippen LogP contribution in [-0.4, -0.2) is 29.2 Å². The number of benzene rings is 1. The fourth-order valence-corrected chi connectivity index (χ4v) is 2.46. The summed E-state index contributed by atoms with van der Waals surface area (Å²) in [5.74, 6) is -0.0244. The first-order valence-electron chi connectivity index (χ1n) is 7.51. The van der Waals surface area contributed by atoms with E-state index in [1.165, 1.54) is 19.2 Å². The highest BCUT2D eigenvalue weighted by Crippen LogP contribution is 2.30. The van der Waals surface area contributed by atoms with Gasteiger partial charge in [0.05, 0.1) is 11.7 Å². The van der Waals surface area contributed by atoms with Crippen LogP contribution in [0.25, 0.3) is 0 Å².